The molecule has 4 fully saturated rings. The monoisotopic (exact) mass is 762 g/mol. The molecule has 2 amide bonds. The summed E-state index contributed by atoms with van der Waals surface area (Å²) in [5.74, 6) is 4.15. The van der Waals surface area contributed by atoms with Crippen LogP contribution >= 0.6 is 0 Å². The number of carbonyl (C=O) groups is 4. The second-order valence-corrected chi connectivity index (χ2v) is 20.9. The molecule has 56 heavy (non-hydrogen) atoms. The minimum atomic E-state index is -0.363. The molecule has 2 aromatic carbocycles. The lowest BCUT2D eigenvalue weighted by Crippen LogP contribution is -2.69. The Morgan fingerprint density at radius 2 is 0.946 bits per heavy atom. The predicted molar refractivity (Wildman–Crippen MR) is 215 cm³/mol. The molecule has 8 aliphatic rings. The average Bonchev–Trinajstić information content (AvgIpc) is 3.70. The Morgan fingerprint density at radius 3 is 1.32 bits per heavy atom. The van der Waals surface area contributed by atoms with E-state index in [-0.39, 0.29) is 56.5 Å². The van der Waals surface area contributed by atoms with E-state index in [2.05, 4.69) is 79.9 Å². The molecule has 0 radical (unpaired) electrons. The van der Waals surface area contributed by atoms with Gasteiger partial charge in [0.2, 0.25) is 0 Å². The summed E-state index contributed by atoms with van der Waals surface area (Å²) in [6.45, 7) is 23.3. The summed E-state index contributed by atoms with van der Waals surface area (Å²) in [6.07, 6.45) is 9.07. The molecule has 4 aliphatic heterocycles. The van der Waals surface area contributed by atoms with Crippen LogP contribution in [-0.4, -0.2) is 34.6 Å². The molecule has 2 spiro atoms. The van der Waals surface area contributed by atoms with Crippen molar-refractivity contribution in [2.24, 2.45) is 45.3 Å². The first-order valence-electron chi connectivity index (χ1n) is 21.6. The Kier molecular flexibility index (Phi) is 8.08. The number of hydrogen-bond acceptors (Lipinski definition) is 6. The quantitative estimate of drug-likeness (QED) is 0.278. The summed E-state index contributed by atoms with van der Waals surface area (Å²) >= 11 is 0. The Balaban J connectivity index is 0.000000146. The molecule has 10 rings (SSSR count). The number of rotatable bonds is 0. The van der Waals surface area contributed by atoms with E-state index >= 15 is 0 Å². The normalized spacial score (nSPS) is 37.9. The number of fused-ring (bicyclic) bond motifs is 6. The maximum absolute atomic E-state index is 12.8. The standard InChI is InChI=1S/2C24H31NO3/c2*1-13-10-15-17(12-25-21(15)27)20-16(13)11-23(5)14(2)6-7-18-22(3,4)19(26)8-9-24(18,23)28-20/h2*10,14,18H,6-9,11-12H2,1-5H3,(H,25,27)/t2*14-,18?,23+,24?/m00/s1. The largest absolute Gasteiger partial charge is 0.486 e. The van der Waals surface area contributed by atoms with E-state index in [1.54, 1.807) is 0 Å². The molecule has 4 aliphatic carbocycles. The van der Waals surface area contributed by atoms with Crippen LogP contribution in [0.15, 0.2) is 12.1 Å². The van der Waals surface area contributed by atoms with Crippen molar-refractivity contribution in [3.8, 4) is 11.5 Å². The molecule has 8 heteroatoms. The van der Waals surface area contributed by atoms with Crippen molar-refractivity contribution in [1.29, 1.82) is 0 Å². The van der Waals surface area contributed by atoms with Crippen LogP contribution in [0.5, 0.6) is 11.5 Å². The zero-order chi connectivity index (χ0) is 40.1. The van der Waals surface area contributed by atoms with Gasteiger partial charge < -0.3 is 20.1 Å². The van der Waals surface area contributed by atoms with Gasteiger partial charge in [-0.15, -0.1) is 0 Å². The molecular formula is C48H62N2O6. The molecule has 2 N–H and O–H groups in total. The van der Waals surface area contributed by atoms with Gasteiger partial charge in [-0.1, -0.05) is 55.4 Å². The molecule has 8 atom stereocenters. The van der Waals surface area contributed by atoms with E-state index in [0.717, 1.165) is 96.2 Å². The van der Waals surface area contributed by atoms with Crippen LogP contribution in [-0.2, 0) is 35.5 Å². The molecule has 4 heterocycles. The highest BCUT2D eigenvalue weighted by Crippen LogP contribution is 2.67. The third-order valence-electron chi connectivity index (χ3n) is 18.1. The van der Waals surface area contributed by atoms with Crippen LogP contribution in [0.1, 0.15) is 161 Å². The van der Waals surface area contributed by atoms with Gasteiger partial charge in [0.05, 0.1) is 0 Å². The van der Waals surface area contributed by atoms with Crippen molar-refractivity contribution >= 4 is 23.4 Å². The molecule has 300 valence electrons. The summed E-state index contributed by atoms with van der Waals surface area (Å²) in [6, 6.07) is 4.08. The number of ether oxygens (including phenoxy) is 2. The summed E-state index contributed by atoms with van der Waals surface area (Å²) < 4.78 is 14.2. The minimum Gasteiger partial charge on any atom is -0.486 e. The third-order valence-corrected chi connectivity index (χ3v) is 18.1. The van der Waals surface area contributed by atoms with Crippen LogP contribution in [0.25, 0.3) is 0 Å². The molecule has 0 bridgehead atoms. The van der Waals surface area contributed by atoms with Gasteiger partial charge in [-0.2, -0.15) is 0 Å². The van der Waals surface area contributed by atoms with Gasteiger partial charge in [-0.25, -0.2) is 0 Å². The number of hydrogen-bond donors (Lipinski definition) is 2. The predicted octanol–water partition coefficient (Wildman–Crippen LogP) is 8.71. The number of ketones is 2. The molecule has 0 saturated heterocycles. The summed E-state index contributed by atoms with van der Waals surface area (Å²) in [5, 5.41) is 5.95. The Bertz CT molecular complexity index is 1980. The molecule has 2 aromatic rings. The highest BCUT2D eigenvalue weighted by molar-refractivity contribution is 6.00. The zero-order valence-corrected chi connectivity index (χ0v) is 35.4. The van der Waals surface area contributed by atoms with Crippen molar-refractivity contribution in [2.45, 2.75) is 158 Å². The van der Waals surface area contributed by atoms with E-state index in [9.17, 15) is 19.2 Å². The van der Waals surface area contributed by atoms with E-state index in [4.69, 9.17) is 9.47 Å². The van der Waals surface area contributed by atoms with E-state index in [1.807, 2.05) is 12.1 Å². The number of carbonyl (C=O) groups excluding carboxylic acids is 4. The summed E-state index contributed by atoms with van der Waals surface area (Å²) in [4.78, 5) is 50.3. The van der Waals surface area contributed by atoms with Crippen molar-refractivity contribution in [1.82, 2.24) is 10.6 Å². The SMILES string of the molecule is Cc1cc2c(c3c1C[C@]1(C)[C@@H](C)CCC4C(C)(C)C(=O)CCC41O3)CNC2=O.Cc1cc2c(c3c1C[C@]1(C)[C@@H](C)CCC4C(C)(C)C(=O)CCC41O3)CNC2=O. The number of Topliss-reactive ketones (excluding diaryl/α,β-unsaturated/α-hetero) is 2. The average molecular weight is 763 g/mol. The molecule has 4 unspecified atom stereocenters. The van der Waals surface area contributed by atoms with E-state index in [1.165, 1.54) is 11.1 Å². The Labute approximate surface area is 333 Å². The number of amides is 2. The van der Waals surface area contributed by atoms with Gasteiger partial charge in [0, 0.05) is 81.7 Å². The van der Waals surface area contributed by atoms with Crippen molar-refractivity contribution in [3.63, 3.8) is 0 Å². The summed E-state index contributed by atoms with van der Waals surface area (Å²) in [5.41, 5.74) is 7.03. The van der Waals surface area contributed by atoms with Crippen molar-refractivity contribution in [2.75, 3.05) is 0 Å². The smallest absolute Gasteiger partial charge is 0.252 e. The number of benzene rings is 2. The van der Waals surface area contributed by atoms with Crippen LogP contribution in [0.4, 0.5) is 0 Å². The van der Waals surface area contributed by atoms with Crippen LogP contribution < -0.4 is 20.1 Å². The second kappa shape index (κ2) is 11.9. The summed E-state index contributed by atoms with van der Waals surface area (Å²) in [7, 11) is 0. The minimum absolute atomic E-state index is 0.00282. The topological polar surface area (TPSA) is 111 Å². The fraction of sp³-hybridized carbons (Fsp3) is 0.667. The van der Waals surface area contributed by atoms with E-state index < -0.39 is 0 Å². The third kappa shape index (κ3) is 4.65. The zero-order valence-electron chi connectivity index (χ0n) is 35.4. The number of aryl methyl sites for hydroxylation is 2. The Hall–Kier alpha value is -3.68. The highest BCUT2D eigenvalue weighted by atomic mass is 16.5. The van der Waals surface area contributed by atoms with Crippen LogP contribution in [0, 0.1) is 59.2 Å². The van der Waals surface area contributed by atoms with Gasteiger partial charge >= 0.3 is 0 Å². The van der Waals surface area contributed by atoms with Crippen molar-refractivity contribution < 1.29 is 28.7 Å². The number of nitrogens with one attached hydrogen (secondary N) is 2. The molecule has 4 saturated carbocycles. The Morgan fingerprint density at radius 1 is 0.571 bits per heavy atom. The molecule has 0 aromatic heterocycles. The highest BCUT2D eigenvalue weighted by Gasteiger charge is 2.69. The lowest BCUT2D eigenvalue weighted by molar-refractivity contribution is -0.208. The van der Waals surface area contributed by atoms with Gasteiger partial charge in [0.15, 0.2) is 0 Å². The first-order chi connectivity index (χ1) is 26.2. The van der Waals surface area contributed by atoms with Gasteiger partial charge in [0.25, 0.3) is 11.8 Å². The first kappa shape index (κ1) is 37.9. The molecule has 8 nitrogen and oxygen atoms in total. The lowest BCUT2D eigenvalue weighted by atomic mass is 9.44. The van der Waals surface area contributed by atoms with Crippen LogP contribution in [0.3, 0.4) is 0 Å². The van der Waals surface area contributed by atoms with E-state index in [0.29, 0.717) is 49.3 Å². The van der Waals surface area contributed by atoms with Gasteiger partial charge in [-0.05, 0) is 111 Å². The van der Waals surface area contributed by atoms with Crippen LogP contribution in [0.2, 0.25) is 0 Å². The van der Waals surface area contributed by atoms with Crippen molar-refractivity contribution in [3.05, 3.63) is 56.6 Å². The maximum Gasteiger partial charge on any atom is 0.252 e. The first-order valence-corrected chi connectivity index (χ1v) is 21.6. The fourth-order valence-electron chi connectivity index (χ4n) is 13.9. The fourth-order valence-corrected chi connectivity index (χ4v) is 13.9. The van der Waals surface area contributed by atoms with Gasteiger partial charge in [-0.3, -0.25) is 19.2 Å². The maximum atomic E-state index is 12.8. The lowest BCUT2D eigenvalue weighted by Gasteiger charge is -2.65. The van der Waals surface area contributed by atoms with Gasteiger partial charge in [0.1, 0.15) is 34.3 Å². The molecular weight excluding hydrogens is 701 g/mol. The second-order valence-electron chi connectivity index (χ2n) is 20.9.